The molecule has 0 bridgehead atoms. The van der Waals surface area contributed by atoms with Gasteiger partial charge in [0, 0.05) is 17.0 Å². The Bertz CT molecular complexity index is 522. The summed E-state index contributed by atoms with van der Waals surface area (Å²) >= 11 is 0. The third kappa shape index (κ3) is 2.35. The van der Waals surface area contributed by atoms with Gasteiger partial charge in [-0.2, -0.15) is 0 Å². The van der Waals surface area contributed by atoms with E-state index in [0.717, 1.165) is 22.6 Å². The molecule has 0 aliphatic heterocycles. The maximum Gasteiger partial charge on any atom is 0.178 e. The fourth-order valence-corrected chi connectivity index (χ4v) is 1.94. The number of hydrogen-bond acceptors (Lipinski definition) is 3. The maximum atomic E-state index is 4.79. The Kier molecular flexibility index (Phi) is 2.88. The van der Waals surface area contributed by atoms with Crippen molar-refractivity contribution in [2.45, 2.75) is 52.4 Å². The first-order chi connectivity index (χ1) is 8.19. The molecule has 0 saturated carbocycles. The first kappa shape index (κ1) is 12.9. The van der Waals surface area contributed by atoms with Gasteiger partial charge in [0.05, 0.1) is 11.4 Å². The van der Waals surface area contributed by atoms with Gasteiger partial charge in [-0.1, -0.05) is 41.5 Å². The van der Waals surface area contributed by atoms with Gasteiger partial charge >= 0.3 is 0 Å². The lowest BCUT2D eigenvalue weighted by atomic mass is 9.81. The summed E-state index contributed by atoms with van der Waals surface area (Å²) in [4.78, 5) is 13.8. The smallest absolute Gasteiger partial charge is 0.178 e. The molecule has 0 spiro atoms. The zero-order valence-corrected chi connectivity index (χ0v) is 12.1. The van der Waals surface area contributed by atoms with E-state index in [9.17, 15) is 0 Å². The SMILES string of the molecule is CC(C)(C)c1nc2cccnc2nc1C(C)(C)C. The minimum atomic E-state index is -0.0265. The van der Waals surface area contributed by atoms with E-state index in [1.165, 1.54) is 0 Å². The van der Waals surface area contributed by atoms with E-state index >= 15 is 0 Å². The molecule has 18 heavy (non-hydrogen) atoms. The summed E-state index contributed by atoms with van der Waals surface area (Å²) in [6.07, 6.45) is 1.76. The number of pyridine rings is 1. The highest BCUT2D eigenvalue weighted by Gasteiger charge is 2.28. The second-order valence-electron chi connectivity index (χ2n) is 6.77. The molecule has 3 nitrogen and oxygen atoms in total. The van der Waals surface area contributed by atoms with E-state index in [2.05, 4.69) is 46.5 Å². The lowest BCUT2D eigenvalue weighted by molar-refractivity contribution is 0.502. The third-order valence-corrected chi connectivity index (χ3v) is 2.86. The largest absolute Gasteiger partial charge is 0.247 e. The van der Waals surface area contributed by atoms with Crippen LogP contribution >= 0.6 is 0 Å². The molecule has 0 amide bonds. The van der Waals surface area contributed by atoms with Crippen molar-refractivity contribution < 1.29 is 0 Å². The molecule has 0 radical (unpaired) electrons. The minimum absolute atomic E-state index is 0.0142. The number of rotatable bonds is 0. The summed E-state index contributed by atoms with van der Waals surface area (Å²) in [6.45, 7) is 13.0. The van der Waals surface area contributed by atoms with Crippen molar-refractivity contribution in [1.82, 2.24) is 15.0 Å². The third-order valence-electron chi connectivity index (χ3n) is 2.86. The molecule has 96 valence electrons. The molecule has 2 rings (SSSR count). The van der Waals surface area contributed by atoms with Crippen molar-refractivity contribution in [3.05, 3.63) is 29.7 Å². The number of fused-ring (bicyclic) bond motifs is 1. The first-order valence-corrected chi connectivity index (χ1v) is 6.33. The summed E-state index contributed by atoms with van der Waals surface area (Å²) in [5.41, 5.74) is 3.67. The summed E-state index contributed by atoms with van der Waals surface area (Å²) in [5, 5.41) is 0. The van der Waals surface area contributed by atoms with Crippen LogP contribution in [0.5, 0.6) is 0 Å². The zero-order chi connectivity index (χ0) is 13.6. The van der Waals surface area contributed by atoms with Crippen LogP contribution in [-0.4, -0.2) is 15.0 Å². The van der Waals surface area contributed by atoms with Crippen LogP contribution in [0.15, 0.2) is 18.3 Å². The molecule has 0 fully saturated rings. The Morgan fingerprint density at radius 3 is 1.94 bits per heavy atom. The van der Waals surface area contributed by atoms with E-state index in [-0.39, 0.29) is 10.8 Å². The maximum absolute atomic E-state index is 4.79. The van der Waals surface area contributed by atoms with Gasteiger partial charge in [0.1, 0.15) is 5.52 Å². The molecule has 0 saturated heterocycles. The summed E-state index contributed by atoms with van der Waals surface area (Å²) in [7, 11) is 0. The standard InChI is InChI=1S/C15H21N3/c1-14(2,3)11-12(15(4,5)6)18-13-10(17-11)8-7-9-16-13/h7-9H,1-6H3. The topological polar surface area (TPSA) is 38.7 Å². The second-order valence-corrected chi connectivity index (χ2v) is 6.77. The molecule has 0 atom stereocenters. The van der Waals surface area contributed by atoms with Crippen LogP contribution in [0.3, 0.4) is 0 Å². The van der Waals surface area contributed by atoms with E-state index < -0.39 is 0 Å². The fourth-order valence-electron chi connectivity index (χ4n) is 1.94. The van der Waals surface area contributed by atoms with Gasteiger partial charge in [-0.15, -0.1) is 0 Å². The van der Waals surface area contributed by atoms with Crippen molar-refractivity contribution in [3.63, 3.8) is 0 Å². The number of hydrogen-bond donors (Lipinski definition) is 0. The second kappa shape index (κ2) is 4.01. The predicted octanol–water partition coefficient (Wildman–Crippen LogP) is 3.62. The van der Waals surface area contributed by atoms with Gasteiger partial charge in [0.2, 0.25) is 0 Å². The van der Waals surface area contributed by atoms with Crippen LogP contribution in [0.4, 0.5) is 0 Å². The van der Waals surface area contributed by atoms with Gasteiger partial charge in [-0.3, -0.25) is 0 Å². The Morgan fingerprint density at radius 2 is 1.39 bits per heavy atom. The van der Waals surface area contributed by atoms with E-state index in [1.54, 1.807) is 6.20 Å². The summed E-state index contributed by atoms with van der Waals surface area (Å²) < 4.78 is 0. The van der Waals surface area contributed by atoms with Crippen LogP contribution in [0.2, 0.25) is 0 Å². The van der Waals surface area contributed by atoms with E-state index in [4.69, 9.17) is 9.97 Å². The van der Waals surface area contributed by atoms with Gasteiger partial charge in [0.25, 0.3) is 0 Å². The lowest BCUT2D eigenvalue weighted by Crippen LogP contribution is -2.25. The lowest BCUT2D eigenvalue weighted by Gasteiger charge is -2.27. The summed E-state index contributed by atoms with van der Waals surface area (Å²) in [5.74, 6) is 0. The van der Waals surface area contributed by atoms with Crippen molar-refractivity contribution in [1.29, 1.82) is 0 Å². The molecule has 3 heteroatoms. The Labute approximate surface area is 109 Å². The van der Waals surface area contributed by atoms with Gasteiger partial charge in [0.15, 0.2) is 5.65 Å². The van der Waals surface area contributed by atoms with Gasteiger partial charge < -0.3 is 0 Å². The van der Waals surface area contributed by atoms with E-state index in [1.807, 2.05) is 12.1 Å². The molecule has 2 heterocycles. The van der Waals surface area contributed by atoms with Gasteiger partial charge in [-0.05, 0) is 12.1 Å². The molecule has 0 aliphatic carbocycles. The van der Waals surface area contributed by atoms with Gasteiger partial charge in [-0.25, -0.2) is 15.0 Å². The molecule has 0 aromatic carbocycles. The molecular weight excluding hydrogens is 222 g/mol. The Balaban J connectivity index is 2.81. The minimum Gasteiger partial charge on any atom is -0.247 e. The van der Waals surface area contributed by atoms with Crippen LogP contribution in [0.25, 0.3) is 11.2 Å². The van der Waals surface area contributed by atoms with E-state index in [0.29, 0.717) is 0 Å². The molecule has 0 N–H and O–H groups in total. The fraction of sp³-hybridized carbons (Fsp3) is 0.533. The average Bonchev–Trinajstić information content (AvgIpc) is 2.25. The monoisotopic (exact) mass is 243 g/mol. The molecule has 2 aromatic rings. The Morgan fingerprint density at radius 1 is 0.833 bits per heavy atom. The number of nitrogens with zero attached hydrogens (tertiary/aromatic N) is 3. The van der Waals surface area contributed by atoms with Crippen LogP contribution in [0.1, 0.15) is 52.9 Å². The zero-order valence-electron chi connectivity index (χ0n) is 12.1. The van der Waals surface area contributed by atoms with Crippen molar-refractivity contribution in [2.24, 2.45) is 0 Å². The van der Waals surface area contributed by atoms with Crippen LogP contribution in [0, 0.1) is 0 Å². The molecule has 2 aromatic heterocycles. The molecule has 0 unspecified atom stereocenters. The average molecular weight is 243 g/mol. The highest BCUT2D eigenvalue weighted by Crippen LogP contribution is 2.31. The van der Waals surface area contributed by atoms with Crippen LogP contribution < -0.4 is 0 Å². The van der Waals surface area contributed by atoms with Crippen molar-refractivity contribution >= 4 is 11.2 Å². The van der Waals surface area contributed by atoms with Crippen LogP contribution in [-0.2, 0) is 10.8 Å². The highest BCUT2D eigenvalue weighted by molar-refractivity contribution is 5.70. The highest BCUT2D eigenvalue weighted by atomic mass is 14.9. The predicted molar refractivity (Wildman–Crippen MR) is 74.7 cm³/mol. The summed E-state index contributed by atoms with van der Waals surface area (Å²) in [6, 6.07) is 3.87. The first-order valence-electron chi connectivity index (χ1n) is 6.33. The normalized spacial score (nSPS) is 13.0. The van der Waals surface area contributed by atoms with Crippen molar-refractivity contribution in [3.8, 4) is 0 Å². The Hall–Kier alpha value is -1.51. The van der Waals surface area contributed by atoms with Crippen molar-refractivity contribution in [2.75, 3.05) is 0 Å². The quantitative estimate of drug-likeness (QED) is 0.709. The molecule has 0 aliphatic rings. The number of aromatic nitrogens is 3. The molecular formula is C15H21N3.